The van der Waals surface area contributed by atoms with Gasteiger partial charge in [0.25, 0.3) is 0 Å². The second kappa shape index (κ2) is 15.4. The Bertz CT molecular complexity index is 773. The molecule has 2 N–H and O–H groups in total. The second-order valence-electron chi connectivity index (χ2n) is 8.24. The first-order valence-electron chi connectivity index (χ1n) is 12.2. The zero-order valence-corrected chi connectivity index (χ0v) is 22.0. The molecule has 4 heteroatoms. The summed E-state index contributed by atoms with van der Waals surface area (Å²) in [5, 5.41) is 19.6. The van der Waals surface area contributed by atoms with Crippen molar-refractivity contribution in [2.45, 2.75) is 97.4 Å². The lowest BCUT2D eigenvalue weighted by molar-refractivity contribution is 0.103. The molecule has 1 heterocycles. The third kappa shape index (κ3) is 9.17. The van der Waals surface area contributed by atoms with Crippen molar-refractivity contribution in [3.05, 3.63) is 64.2 Å². The largest absolute Gasteiger partial charge is 0.479 e. The van der Waals surface area contributed by atoms with E-state index in [2.05, 4.69) is 71.0 Å². The number of hydrogen-bond acceptors (Lipinski definition) is 4. The Kier molecular flexibility index (Phi) is 13.7. The minimum atomic E-state index is -0.413. The minimum Gasteiger partial charge on any atom is -0.479 e. The maximum atomic E-state index is 10.1. The third-order valence-electron chi connectivity index (χ3n) is 5.12. The van der Waals surface area contributed by atoms with Crippen LogP contribution in [0.25, 0.3) is 0 Å². The van der Waals surface area contributed by atoms with Crippen LogP contribution in [0.5, 0.6) is 5.75 Å². The summed E-state index contributed by atoms with van der Waals surface area (Å²) in [4.78, 5) is 0. The van der Waals surface area contributed by atoms with Crippen LogP contribution in [0.15, 0.2) is 36.4 Å². The van der Waals surface area contributed by atoms with Crippen molar-refractivity contribution in [3.63, 3.8) is 0 Å². The van der Waals surface area contributed by atoms with Crippen molar-refractivity contribution in [1.82, 2.24) is 0 Å². The molecule has 0 aromatic heterocycles. The van der Waals surface area contributed by atoms with E-state index < -0.39 is 6.10 Å². The molecule has 2 aromatic rings. The first kappa shape index (κ1) is 28.5. The van der Waals surface area contributed by atoms with E-state index >= 15 is 0 Å². The summed E-state index contributed by atoms with van der Waals surface area (Å²) in [6, 6.07) is 13.1. The van der Waals surface area contributed by atoms with Crippen molar-refractivity contribution < 1.29 is 14.9 Å². The summed E-state index contributed by atoms with van der Waals surface area (Å²) in [5.74, 6) is 0.920. The van der Waals surface area contributed by atoms with Crippen LogP contribution in [0.1, 0.15) is 81.7 Å². The fourth-order valence-corrected chi connectivity index (χ4v) is 5.06. The number of hydrogen-bond donors (Lipinski definition) is 2. The molecule has 1 aliphatic heterocycles. The average Bonchev–Trinajstić information content (AvgIpc) is 2.78. The number of rotatable bonds is 6. The lowest BCUT2D eigenvalue weighted by Crippen LogP contribution is -2.33. The first-order valence-corrected chi connectivity index (χ1v) is 13.1. The Morgan fingerprint density at radius 3 is 2.12 bits per heavy atom. The molecule has 3 atom stereocenters. The molecule has 1 aliphatic rings. The van der Waals surface area contributed by atoms with Gasteiger partial charge >= 0.3 is 0 Å². The SMILES string of the molecule is CC.CCC.CCc1ccc(Cc2cc(C)cc(C)c2OC2CC(O)CC(CO)S2)cc1. The second-order valence-corrected chi connectivity index (χ2v) is 9.70. The number of ether oxygens (including phenoxy) is 1. The van der Waals surface area contributed by atoms with Gasteiger partial charge in [0.15, 0.2) is 0 Å². The Balaban J connectivity index is 0.000000944. The molecular formula is C28H44O3S. The fraction of sp³-hybridized carbons (Fsp3) is 0.571. The Labute approximate surface area is 200 Å². The standard InChI is InChI=1S/C23H30O3S.C3H8.C2H6/c1-4-17-5-7-18(8-6-17)11-19-10-15(2)9-16(3)23(19)26-22-13-20(25)12-21(14-24)27-22;1-3-2;1-2/h5-10,20-22,24-25H,4,11-14H2,1-3H3;3H2,1-2H3;1-2H3. The van der Waals surface area contributed by atoms with Crippen LogP contribution in [0, 0.1) is 13.8 Å². The molecular weight excluding hydrogens is 416 g/mol. The highest BCUT2D eigenvalue weighted by Gasteiger charge is 2.30. The lowest BCUT2D eigenvalue weighted by Gasteiger charge is -2.32. The first-order chi connectivity index (χ1) is 15.4. The molecule has 1 saturated heterocycles. The number of thioether (sulfide) groups is 1. The molecule has 3 unspecified atom stereocenters. The monoisotopic (exact) mass is 460 g/mol. The molecule has 32 heavy (non-hydrogen) atoms. The lowest BCUT2D eigenvalue weighted by atomic mass is 9.98. The number of aliphatic hydroxyl groups excluding tert-OH is 2. The topological polar surface area (TPSA) is 49.7 Å². The zero-order chi connectivity index (χ0) is 24.1. The summed E-state index contributed by atoms with van der Waals surface area (Å²) >= 11 is 1.63. The highest BCUT2D eigenvalue weighted by molar-refractivity contribution is 8.00. The quantitative estimate of drug-likeness (QED) is 0.495. The van der Waals surface area contributed by atoms with Crippen molar-refractivity contribution in [1.29, 1.82) is 0 Å². The predicted octanol–water partition coefficient (Wildman–Crippen LogP) is 6.85. The van der Waals surface area contributed by atoms with Gasteiger partial charge in [-0.1, -0.05) is 83.0 Å². The molecule has 0 spiro atoms. The van der Waals surface area contributed by atoms with Gasteiger partial charge in [-0.3, -0.25) is 0 Å². The van der Waals surface area contributed by atoms with Crippen LogP contribution in [0.3, 0.4) is 0 Å². The van der Waals surface area contributed by atoms with Crippen molar-refractivity contribution in [3.8, 4) is 5.75 Å². The molecule has 3 rings (SSSR count). The highest BCUT2D eigenvalue weighted by Crippen LogP contribution is 2.36. The van der Waals surface area contributed by atoms with E-state index in [-0.39, 0.29) is 17.3 Å². The van der Waals surface area contributed by atoms with Crippen molar-refractivity contribution in [2.75, 3.05) is 6.61 Å². The molecule has 180 valence electrons. The Hall–Kier alpha value is -1.49. The number of aliphatic hydroxyl groups is 2. The van der Waals surface area contributed by atoms with Gasteiger partial charge in [0.05, 0.1) is 12.7 Å². The molecule has 0 amide bonds. The van der Waals surface area contributed by atoms with Crippen LogP contribution in [0.4, 0.5) is 0 Å². The van der Waals surface area contributed by atoms with E-state index in [9.17, 15) is 10.2 Å². The summed E-state index contributed by atoms with van der Waals surface area (Å²) in [7, 11) is 0. The Morgan fingerprint density at radius 2 is 1.56 bits per heavy atom. The molecule has 0 saturated carbocycles. The van der Waals surface area contributed by atoms with Gasteiger partial charge < -0.3 is 14.9 Å². The minimum absolute atomic E-state index is 0.0366. The molecule has 0 aliphatic carbocycles. The predicted molar refractivity (Wildman–Crippen MR) is 140 cm³/mol. The van der Waals surface area contributed by atoms with E-state index in [0.29, 0.717) is 12.8 Å². The maximum absolute atomic E-state index is 10.1. The normalized spacial score (nSPS) is 19.8. The van der Waals surface area contributed by atoms with E-state index in [0.717, 1.165) is 24.2 Å². The summed E-state index contributed by atoms with van der Waals surface area (Å²) in [5.41, 5.74) is 6.01. The zero-order valence-electron chi connectivity index (χ0n) is 21.1. The molecule has 0 radical (unpaired) electrons. The van der Waals surface area contributed by atoms with Crippen molar-refractivity contribution in [2.24, 2.45) is 0 Å². The van der Waals surface area contributed by atoms with E-state index in [1.165, 1.54) is 28.7 Å². The smallest absolute Gasteiger partial charge is 0.147 e. The highest BCUT2D eigenvalue weighted by atomic mass is 32.2. The Morgan fingerprint density at radius 1 is 0.969 bits per heavy atom. The summed E-state index contributed by atoms with van der Waals surface area (Å²) in [6.45, 7) is 14.7. The van der Waals surface area contributed by atoms with Crippen LogP contribution in [0.2, 0.25) is 0 Å². The molecule has 3 nitrogen and oxygen atoms in total. The van der Waals surface area contributed by atoms with Gasteiger partial charge in [-0.15, -0.1) is 11.8 Å². The number of benzene rings is 2. The van der Waals surface area contributed by atoms with Crippen LogP contribution < -0.4 is 4.74 Å². The molecule has 0 bridgehead atoms. The summed E-state index contributed by atoms with van der Waals surface area (Å²) in [6.07, 6.45) is 3.93. The van der Waals surface area contributed by atoms with Gasteiger partial charge in [0.1, 0.15) is 11.2 Å². The molecule has 1 fully saturated rings. The van der Waals surface area contributed by atoms with Gasteiger partial charge in [-0.25, -0.2) is 0 Å². The van der Waals surface area contributed by atoms with Crippen LogP contribution in [-0.4, -0.2) is 33.6 Å². The van der Waals surface area contributed by atoms with Gasteiger partial charge in [0.2, 0.25) is 0 Å². The van der Waals surface area contributed by atoms with Crippen LogP contribution in [-0.2, 0) is 12.8 Å². The third-order valence-corrected chi connectivity index (χ3v) is 6.44. The van der Waals surface area contributed by atoms with Gasteiger partial charge in [0, 0.05) is 18.1 Å². The van der Waals surface area contributed by atoms with E-state index in [1.807, 2.05) is 13.8 Å². The maximum Gasteiger partial charge on any atom is 0.147 e. The van der Waals surface area contributed by atoms with Crippen LogP contribution >= 0.6 is 11.8 Å². The summed E-state index contributed by atoms with van der Waals surface area (Å²) < 4.78 is 6.38. The average molecular weight is 461 g/mol. The number of aryl methyl sites for hydroxylation is 3. The molecule has 2 aromatic carbocycles. The van der Waals surface area contributed by atoms with Gasteiger partial charge in [-0.05, 0) is 48.9 Å². The van der Waals surface area contributed by atoms with E-state index in [4.69, 9.17) is 4.74 Å². The van der Waals surface area contributed by atoms with E-state index in [1.54, 1.807) is 11.8 Å². The van der Waals surface area contributed by atoms with Gasteiger partial charge in [-0.2, -0.15) is 0 Å². The fourth-order valence-electron chi connectivity index (χ4n) is 3.73. The van der Waals surface area contributed by atoms with Crippen molar-refractivity contribution >= 4 is 11.8 Å².